The highest BCUT2D eigenvalue weighted by molar-refractivity contribution is 7.89. The molecule has 0 aliphatic heterocycles. The summed E-state index contributed by atoms with van der Waals surface area (Å²) in [6.07, 6.45) is 3.45. The van der Waals surface area contributed by atoms with Gasteiger partial charge in [-0.15, -0.1) is 0 Å². The van der Waals surface area contributed by atoms with E-state index < -0.39 is 10.0 Å². The smallest absolute Gasteiger partial charge is 0.276 e. The molecule has 1 saturated carbocycles. The second-order valence-corrected chi connectivity index (χ2v) is 9.42. The Labute approximate surface area is 177 Å². The van der Waals surface area contributed by atoms with E-state index in [0.29, 0.717) is 5.92 Å². The molecule has 0 saturated heterocycles. The van der Waals surface area contributed by atoms with Crippen LogP contribution in [-0.4, -0.2) is 21.2 Å². The predicted molar refractivity (Wildman–Crippen MR) is 121 cm³/mol. The van der Waals surface area contributed by atoms with Crippen LogP contribution in [0.2, 0.25) is 0 Å². The summed E-state index contributed by atoms with van der Waals surface area (Å²) in [5.74, 6) is 1.31. The molecular weight excluding hydrogens is 396 g/mol. The summed E-state index contributed by atoms with van der Waals surface area (Å²) in [5, 5.41) is 6.58. The molecule has 3 aromatic rings. The van der Waals surface area contributed by atoms with Crippen LogP contribution in [0, 0.1) is 6.92 Å². The average Bonchev–Trinajstić information content (AvgIpc) is 2.78. The summed E-state index contributed by atoms with van der Waals surface area (Å²) < 4.78 is 30.4. The standard InChI is InChI=1S/C24H26N2O3S/c1-17-7-13-20(14-8-17)30(27,28)26-25-19-11-9-18(10-12-19)21-15-16-24(29-2)23-6-4-3-5-22(21)23/h3-8,13-16,18,26H,9-12H2,1-2H3. The molecule has 1 fully saturated rings. The largest absolute Gasteiger partial charge is 0.496 e. The monoisotopic (exact) mass is 422 g/mol. The first-order valence-electron chi connectivity index (χ1n) is 10.2. The number of nitrogens with zero attached hydrogens (tertiary/aromatic N) is 1. The van der Waals surface area contributed by atoms with Crippen LogP contribution in [-0.2, 0) is 10.0 Å². The summed E-state index contributed by atoms with van der Waals surface area (Å²) in [4.78, 5) is 2.64. The van der Waals surface area contributed by atoms with Crippen molar-refractivity contribution >= 4 is 26.5 Å². The zero-order valence-electron chi connectivity index (χ0n) is 17.3. The normalized spacial score (nSPS) is 17.0. The van der Waals surface area contributed by atoms with Gasteiger partial charge in [0.15, 0.2) is 0 Å². The minimum atomic E-state index is -3.63. The molecule has 0 bridgehead atoms. The second-order valence-electron chi connectivity index (χ2n) is 7.76. The van der Waals surface area contributed by atoms with E-state index in [1.54, 1.807) is 31.4 Å². The van der Waals surface area contributed by atoms with Crippen LogP contribution < -0.4 is 9.57 Å². The third-order valence-corrected chi connectivity index (χ3v) is 7.02. The Morgan fingerprint density at radius 2 is 1.60 bits per heavy atom. The second kappa shape index (κ2) is 8.48. The SMILES string of the molecule is COc1ccc(C2CCC(=NNS(=O)(=O)c3ccc(C)cc3)CC2)c2ccccc12. The molecule has 0 atom stereocenters. The Bertz CT molecular complexity index is 1170. The van der Waals surface area contributed by atoms with Crippen LogP contribution in [0.5, 0.6) is 5.75 Å². The molecule has 4 rings (SSSR count). The van der Waals surface area contributed by atoms with E-state index in [0.717, 1.165) is 48.1 Å². The van der Waals surface area contributed by atoms with Gasteiger partial charge in [-0.2, -0.15) is 13.5 Å². The molecule has 0 aromatic heterocycles. The maximum absolute atomic E-state index is 12.4. The topological polar surface area (TPSA) is 67.8 Å². The summed E-state index contributed by atoms with van der Waals surface area (Å²) in [6, 6.07) is 19.3. The lowest BCUT2D eigenvalue weighted by Crippen LogP contribution is -2.22. The molecule has 6 heteroatoms. The fourth-order valence-electron chi connectivity index (χ4n) is 4.10. The van der Waals surface area contributed by atoms with Gasteiger partial charge in [0, 0.05) is 11.1 Å². The Morgan fingerprint density at radius 3 is 2.27 bits per heavy atom. The van der Waals surface area contributed by atoms with Crippen molar-refractivity contribution in [2.75, 3.05) is 7.11 Å². The van der Waals surface area contributed by atoms with Gasteiger partial charge in [-0.25, -0.2) is 4.83 Å². The zero-order chi connectivity index (χ0) is 21.1. The molecule has 30 heavy (non-hydrogen) atoms. The number of hydrogen-bond acceptors (Lipinski definition) is 4. The van der Waals surface area contributed by atoms with Crippen LogP contribution in [0.25, 0.3) is 10.8 Å². The Morgan fingerprint density at radius 1 is 0.933 bits per heavy atom. The molecule has 0 heterocycles. The highest BCUT2D eigenvalue weighted by Gasteiger charge is 2.22. The maximum Gasteiger partial charge on any atom is 0.276 e. The lowest BCUT2D eigenvalue weighted by atomic mass is 9.81. The van der Waals surface area contributed by atoms with Crippen molar-refractivity contribution in [2.24, 2.45) is 5.10 Å². The minimum absolute atomic E-state index is 0.232. The Balaban J connectivity index is 1.47. The van der Waals surface area contributed by atoms with E-state index in [9.17, 15) is 8.42 Å². The number of hydrogen-bond donors (Lipinski definition) is 1. The van der Waals surface area contributed by atoms with Crippen molar-refractivity contribution in [3.8, 4) is 5.75 Å². The number of fused-ring (bicyclic) bond motifs is 1. The third kappa shape index (κ3) is 4.19. The quantitative estimate of drug-likeness (QED) is 0.578. The van der Waals surface area contributed by atoms with Gasteiger partial charge in [0.05, 0.1) is 12.0 Å². The van der Waals surface area contributed by atoms with Gasteiger partial charge in [-0.1, -0.05) is 48.0 Å². The minimum Gasteiger partial charge on any atom is -0.496 e. The molecule has 0 amide bonds. The van der Waals surface area contributed by atoms with Gasteiger partial charge >= 0.3 is 0 Å². The van der Waals surface area contributed by atoms with Gasteiger partial charge in [-0.3, -0.25) is 0 Å². The van der Waals surface area contributed by atoms with Gasteiger partial charge in [0.1, 0.15) is 5.75 Å². The molecule has 0 unspecified atom stereocenters. The molecule has 3 aromatic carbocycles. The van der Waals surface area contributed by atoms with Crippen LogP contribution in [0.1, 0.15) is 42.7 Å². The van der Waals surface area contributed by atoms with Crippen molar-refractivity contribution in [1.29, 1.82) is 0 Å². The lowest BCUT2D eigenvalue weighted by molar-refractivity contribution is 0.419. The number of sulfonamides is 1. The number of hydrazone groups is 1. The maximum atomic E-state index is 12.4. The molecule has 0 spiro atoms. The summed E-state index contributed by atoms with van der Waals surface area (Å²) in [6.45, 7) is 1.93. The van der Waals surface area contributed by atoms with Crippen LogP contribution in [0.3, 0.4) is 0 Å². The Kier molecular flexibility index (Phi) is 5.77. The van der Waals surface area contributed by atoms with Crippen molar-refractivity contribution < 1.29 is 13.2 Å². The van der Waals surface area contributed by atoms with E-state index in [1.807, 2.05) is 19.1 Å². The van der Waals surface area contributed by atoms with Gasteiger partial charge in [0.2, 0.25) is 0 Å². The van der Waals surface area contributed by atoms with Crippen LogP contribution in [0.15, 0.2) is 70.7 Å². The summed E-state index contributed by atoms with van der Waals surface area (Å²) >= 11 is 0. The fraction of sp³-hybridized carbons (Fsp3) is 0.292. The average molecular weight is 423 g/mol. The predicted octanol–water partition coefficient (Wildman–Crippen LogP) is 5.15. The molecule has 5 nitrogen and oxygen atoms in total. The molecule has 0 radical (unpaired) electrons. The van der Waals surface area contributed by atoms with Gasteiger partial charge in [0.25, 0.3) is 10.0 Å². The van der Waals surface area contributed by atoms with Crippen molar-refractivity contribution in [2.45, 2.75) is 43.4 Å². The number of aryl methyl sites for hydroxylation is 1. The Hall–Kier alpha value is -2.86. The molecule has 1 N–H and O–H groups in total. The van der Waals surface area contributed by atoms with Gasteiger partial charge < -0.3 is 4.74 Å². The highest BCUT2D eigenvalue weighted by Crippen LogP contribution is 2.38. The third-order valence-electron chi connectivity index (χ3n) is 5.80. The number of methoxy groups -OCH3 is 1. The van der Waals surface area contributed by atoms with Crippen molar-refractivity contribution in [1.82, 2.24) is 4.83 Å². The van der Waals surface area contributed by atoms with Crippen molar-refractivity contribution in [3.05, 3.63) is 71.8 Å². The first-order valence-corrected chi connectivity index (χ1v) is 11.7. The first-order chi connectivity index (χ1) is 14.5. The van der Waals surface area contributed by atoms with Crippen LogP contribution in [0.4, 0.5) is 0 Å². The molecule has 156 valence electrons. The van der Waals surface area contributed by atoms with Crippen LogP contribution >= 0.6 is 0 Å². The molecule has 1 aliphatic carbocycles. The number of rotatable bonds is 5. The number of nitrogens with one attached hydrogen (secondary N) is 1. The summed E-state index contributed by atoms with van der Waals surface area (Å²) in [7, 11) is -1.93. The van der Waals surface area contributed by atoms with E-state index >= 15 is 0 Å². The van der Waals surface area contributed by atoms with Gasteiger partial charge in [-0.05, 0) is 67.7 Å². The highest BCUT2D eigenvalue weighted by atomic mass is 32.2. The van der Waals surface area contributed by atoms with Crippen molar-refractivity contribution in [3.63, 3.8) is 0 Å². The number of ether oxygens (including phenoxy) is 1. The van der Waals surface area contributed by atoms with E-state index in [2.05, 4.69) is 34.2 Å². The van der Waals surface area contributed by atoms with E-state index in [4.69, 9.17) is 4.74 Å². The van der Waals surface area contributed by atoms with E-state index in [-0.39, 0.29) is 4.90 Å². The fourth-order valence-corrected chi connectivity index (χ4v) is 4.95. The zero-order valence-corrected chi connectivity index (χ0v) is 18.1. The molecule has 1 aliphatic rings. The number of benzene rings is 3. The summed E-state index contributed by atoms with van der Waals surface area (Å²) in [5.41, 5.74) is 3.25. The molecular formula is C24H26N2O3S. The lowest BCUT2D eigenvalue weighted by Gasteiger charge is -2.25. The van der Waals surface area contributed by atoms with E-state index in [1.165, 1.54) is 10.9 Å². The first kappa shape index (κ1) is 20.4.